The molecular formula is C17H22N2. The normalized spacial score (nSPS) is 10.7. The molecule has 0 aliphatic carbocycles. The Morgan fingerprint density at radius 3 is 2.42 bits per heavy atom. The average Bonchev–Trinajstić information content (AvgIpc) is 2.39. The van der Waals surface area contributed by atoms with Gasteiger partial charge in [-0.1, -0.05) is 31.2 Å². The quantitative estimate of drug-likeness (QED) is 0.820. The molecule has 2 aromatic carbocycles. The second-order valence-electron chi connectivity index (χ2n) is 5.04. The largest absolute Gasteiger partial charge is 0.399 e. The van der Waals surface area contributed by atoms with Crippen LogP contribution in [0.5, 0.6) is 0 Å². The molecule has 0 aliphatic rings. The van der Waals surface area contributed by atoms with E-state index in [0.717, 1.165) is 17.8 Å². The van der Waals surface area contributed by atoms with Crippen molar-refractivity contribution in [3.63, 3.8) is 0 Å². The summed E-state index contributed by atoms with van der Waals surface area (Å²) < 4.78 is 0. The van der Waals surface area contributed by atoms with Crippen LogP contribution in [0.4, 0.5) is 17.1 Å². The summed E-state index contributed by atoms with van der Waals surface area (Å²) in [6.07, 6.45) is 1.03. The fourth-order valence-corrected chi connectivity index (χ4v) is 2.43. The van der Waals surface area contributed by atoms with Gasteiger partial charge in [-0.15, -0.1) is 0 Å². The van der Waals surface area contributed by atoms with Crippen LogP contribution in [-0.2, 0) is 6.42 Å². The number of anilines is 3. The molecule has 2 nitrogen and oxygen atoms in total. The lowest BCUT2D eigenvalue weighted by Crippen LogP contribution is -2.26. The van der Waals surface area contributed by atoms with E-state index in [1.54, 1.807) is 0 Å². The first kappa shape index (κ1) is 13.5. The van der Waals surface area contributed by atoms with E-state index in [1.807, 2.05) is 18.2 Å². The zero-order valence-electron chi connectivity index (χ0n) is 11.9. The molecule has 0 bridgehead atoms. The van der Waals surface area contributed by atoms with E-state index in [1.165, 1.54) is 11.3 Å². The maximum atomic E-state index is 5.92. The van der Waals surface area contributed by atoms with E-state index in [9.17, 15) is 0 Å². The van der Waals surface area contributed by atoms with Gasteiger partial charge in [-0.2, -0.15) is 0 Å². The Morgan fingerprint density at radius 1 is 1.05 bits per heavy atom. The van der Waals surface area contributed by atoms with E-state index in [4.69, 9.17) is 5.73 Å². The van der Waals surface area contributed by atoms with Crippen molar-refractivity contribution < 1.29 is 0 Å². The molecular weight excluding hydrogens is 232 g/mol. The number of nitrogen functional groups attached to an aromatic ring is 1. The third-order valence-corrected chi connectivity index (χ3v) is 3.30. The average molecular weight is 254 g/mol. The van der Waals surface area contributed by atoms with Crippen LogP contribution in [0.2, 0.25) is 0 Å². The van der Waals surface area contributed by atoms with E-state index in [2.05, 4.69) is 56.0 Å². The number of aryl methyl sites for hydroxylation is 1. The van der Waals surface area contributed by atoms with Gasteiger partial charge in [0.25, 0.3) is 0 Å². The van der Waals surface area contributed by atoms with Gasteiger partial charge in [0.05, 0.1) is 0 Å². The van der Waals surface area contributed by atoms with Crippen molar-refractivity contribution in [2.45, 2.75) is 33.2 Å². The van der Waals surface area contributed by atoms with E-state index < -0.39 is 0 Å². The van der Waals surface area contributed by atoms with Crippen molar-refractivity contribution in [3.8, 4) is 0 Å². The topological polar surface area (TPSA) is 29.3 Å². The molecule has 2 N–H and O–H groups in total. The maximum Gasteiger partial charge on any atom is 0.0445 e. The standard InChI is InChI=1S/C17H22N2/c1-4-14-8-5-6-11-17(14)19(13(2)3)16-10-7-9-15(18)12-16/h5-13H,4,18H2,1-3H3. The van der Waals surface area contributed by atoms with Crippen LogP contribution >= 0.6 is 0 Å². The molecule has 2 aromatic rings. The minimum absolute atomic E-state index is 0.384. The van der Waals surface area contributed by atoms with Crippen LogP contribution in [0.1, 0.15) is 26.3 Å². The highest BCUT2D eigenvalue weighted by atomic mass is 15.2. The van der Waals surface area contributed by atoms with E-state index in [0.29, 0.717) is 6.04 Å². The van der Waals surface area contributed by atoms with Crippen LogP contribution < -0.4 is 10.6 Å². The van der Waals surface area contributed by atoms with Crippen LogP contribution in [0, 0.1) is 0 Å². The third-order valence-electron chi connectivity index (χ3n) is 3.30. The minimum Gasteiger partial charge on any atom is -0.399 e. The van der Waals surface area contributed by atoms with Crippen LogP contribution in [0.25, 0.3) is 0 Å². The third kappa shape index (κ3) is 2.90. The van der Waals surface area contributed by atoms with Gasteiger partial charge in [-0.3, -0.25) is 0 Å². The SMILES string of the molecule is CCc1ccccc1N(c1cccc(N)c1)C(C)C. The molecule has 2 heteroatoms. The number of rotatable bonds is 4. The van der Waals surface area contributed by atoms with Crippen molar-refractivity contribution in [2.24, 2.45) is 0 Å². The van der Waals surface area contributed by atoms with Gasteiger partial charge >= 0.3 is 0 Å². The van der Waals surface area contributed by atoms with Crippen molar-refractivity contribution in [2.75, 3.05) is 10.6 Å². The highest BCUT2D eigenvalue weighted by Gasteiger charge is 2.15. The summed E-state index contributed by atoms with van der Waals surface area (Å²) in [5.74, 6) is 0. The van der Waals surface area contributed by atoms with Gasteiger partial charge in [0.2, 0.25) is 0 Å². The van der Waals surface area contributed by atoms with Gasteiger partial charge in [-0.05, 0) is 50.1 Å². The Balaban J connectivity index is 2.52. The summed E-state index contributed by atoms with van der Waals surface area (Å²) in [7, 11) is 0. The summed E-state index contributed by atoms with van der Waals surface area (Å²) in [6, 6.07) is 17.0. The number of hydrogen-bond donors (Lipinski definition) is 1. The number of nitrogens with zero attached hydrogens (tertiary/aromatic N) is 1. The Hall–Kier alpha value is -1.96. The fourth-order valence-electron chi connectivity index (χ4n) is 2.43. The van der Waals surface area contributed by atoms with E-state index in [-0.39, 0.29) is 0 Å². The molecule has 0 heterocycles. The summed E-state index contributed by atoms with van der Waals surface area (Å²) >= 11 is 0. The lowest BCUT2D eigenvalue weighted by Gasteiger charge is -2.31. The van der Waals surface area contributed by atoms with Crippen molar-refractivity contribution in [1.29, 1.82) is 0 Å². The predicted molar refractivity (Wildman–Crippen MR) is 83.9 cm³/mol. The number of nitrogens with two attached hydrogens (primary N) is 1. The lowest BCUT2D eigenvalue weighted by atomic mass is 10.1. The number of benzene rings is 2. The Bertz CT molecular complexity index is 546. The minimum atomic E-state index is 0.384. The highest BCUT2D eigenvalue weighted by Crippen LogP contribution is 2.31. The molecule has 0 aromatic heterocycles. The summed E-state index contributed by atoms with van der Waals surface area (Å²) in [5.41, 5.74) is 10.5. The van der Waals surface area contributed by atoms with Crippen molar-refractivity contribution in [3.05, 3.63) is 54.1 Å². The smallest absolute Gasteiger partial charge is 0.0445 e. The zero-order chi connectivity index (χ0) is 13.8. The fraction of sp³-hybridized carbons (Fsp3) is 0.294. The van der Waals surface area contributed by atoms with Crippen LogP contribution in [0.15, 0.2) is 48.5 Å². The molecule has 0 fully saturated rings. The summed E-state index contributed by atoms with van der Waals surface area (Å²) in [5, 5.41) is 0. The molecule has 0 spiro atoms. The molecule has 0 saturated heterocycles. The number of para-hydroxylation sites is 1. The molecule has 0 aliphatic heterocycles. The van der Waals surface area contributed by atoms with Crippen LogP contribution in [0.3, 0.4) is 0 Å². The first-order valence-electron chi connectivity index (χ1n) is 6.86. The molecule has 0 saturated carbocycles. The molecule has 0 radical (unpaired) electrons. The van der Waals surface area contributed by atoms with Crippen molar-refractivity contribution in [1.82, 2.24) is 0 Å². The molecule has 0 unspecified atom stereocenters. The first-order chi connectivity index (χ1) is 9.13. The molecule has 2 rings (SSSR count). The maximum absolute atomic E-state index is 5.92. The van der Waals surface area contributed by atoms with Crippen LogP contribution in [-0.4, -0.2) is 6.04 Å². The number of hydrogen-bond acceptors (Lipinski definition) is 2. The van der Waals surface area contributed by atoms with Gasteiger partial charge in [0, 0.05) is 23.1 Å². The molecule has 100 valence electrons. The lowest BCUT2D eigenvalue weighted by molar-refractivity contribution is 0.784. The van der Waals surface area contributed by atoms with Gasteiger partial charge in [0.1, 0.15) is 0 Å². The van der Waals surface area contributed by atoms with E-state index >= 15 is 0 Å². The second kappa shape index (κ2) is 5.79. The van der Waals surface area contributed by atoms with Gasteiger partial charge in [-0.25, -0.2) is 0 Å². The Morgan fingerprint density at radius 2 is 1.79 bits per heavy atom. The van der Waals surface area contributed by atoms with Gasteiger partial charge in [0.15, 0.2) is 0 Å². The predicted octanol–water partition coefficient (Wildman–Crippen LogP) is 4.38. The van der Waals surface area contributed by atoms with Gasteiger partial charge < -0.3 is 10.6 Å². The Kier molecular flexibility index (Phi) is 4.10. The summed E-state index contributed by atoms with van der Waals surface area (Å²) in [4.78, 5) is 2.34. The monoisotopic (exact) mass is 254 g/mol. The summed E-state index contributed by atoms with van der Waals surface area (Å²) in [6.45, 7) is 6.60. The molecule has 0 atom stereocenters. The Labute approximate surface area is 115 Å². The second-order valence-corrected chi connectivity index (χ2v) is 5.04. The molecule has 19 heavy (non-hydrogen) atoms. The molecule has 0 amide bonds. The first-order valence-corrected chi connectivity index (χ1v) is 6.86. The highest BCUT2D eigenvalue weighted by molar-refractivity contribution is 5.69. The van der Waals surface area contributed by atoms with Crippen molar-refractivity contribution >= 4 is 17.1 Å². The zero-order valence-corrected chi connectivity index (χ0v) is 11.9.